The van der Waals surface area contributed by atoms with E-state index in [1.54, 1.807) is 7.11 Å². The first-order valence-electron chi connectivity index (χ1n) is 8.06. The van der Waals surface area contributed by atoms with E-state index in [1.807, 2.05) is 0 Å². The maximum Gasteiger partial charge on any atom is 0.0836 e. The van der Waals surface area contributed by atoms with Gasteiger partial charge in [0.25, 0.3) is 0 Å². The summed E-state index contributed by atoms with van der Waals surface area (Å²) in [6.07, 6.45) is 4.69. The highest BCUT2D eigenvalue weighted by Crippen LogP contribution is 2.41. The Balaban J connectivity index is 2.47. The molecule has 1 rings (SSSR count). The van der Waals surface area contributed by atoms with Crippen molar-refractivity contribution in [3.05, 3.63) is 0 Å². The third kappa shape index (κ3) is 5.01. The van der Waals surface area contributed by atoms with Crippen molar-refractivity contribution in [3.63, 3.8) is 0 Å². The zero-order valence-electron chi connectivity index (χ0n) is 14.2. The molecular weight excluding hydrogens is 252 g/mol. The van der Waals surface area contributed by atoms with Gasteiger partial charge in [0, 0.05) is 13.7 Å². The van der Waals surface area contributed by atoms with Gasteiger partial charge in [-0.1, -0.05) is 27.2 Å². The van der Waals surface area contributed by atoms with Crippen molar-refractivity contribution in [3.8, 4) is 0 Å². The number of hydrogen-bond acceptors (Lipinski definition) is 3. The van der Waals surface area contributed by atoms with Gasteiger partial charge in [-0.15, -0.1) is 0 Å². The molecule has 1 fully saturated rings. The van der Waals surface area contributed by atoms with Gasteiger partial charge < -0.3 is 14.6 Å². The van der Waals surface area contributed by atoms with Crippen LogP contribution in [0.25, 0.3) is 0 Å². The topological polar surface area (TPSA) is 38.7 Å². The Morgan fingerprint density at radius 1 is 1.15 bits per heavy atom. The van der Waals surface area contributed by atoms with Gasteiger partial charge in [-0.05, 0) is 50.9 Å². The van der Waals surface area contributed by atoms with Crippen LogP contribution in [0.1, 0.15) is 66.7 Å². The zero-order chi connectivity index (χ0) is 15.4. The second kappa shape index (κ2) is 7.24. The summed E-state index contributed by atoms with van der Waals surface area (Å²) < 4.78 is 11.4. The van der Waals surface area contributed by atoms with Crippen LogP contribution < -0.4 is 0 Å². The molecule has 3 atom stereocenters. The molecule has 1 saturated carbocycles. The molecule has 3 heteroatoms. The molecule has 0 bridgehead atoms. The first kappa shape index (κ1) is 17.9. The van der Waals surface area contributed by atoms with Crippen molar-refractivity contribution in [1.82, 2.24) is 0 Å². The van der Waals surface area contributed by atoms with E-state index in [-0.39, 0.29) is 17.8 Å². The van der Waals surface area contributed by atoms with Gasteiger partial charge in [-0.25, -0.2) is 0 Å². The largest absolute Gasteiger partial charge is 0.390 e. The molecule has 0 saturated heterocycles. The molecule has 1 N–H and O–H groups in total. The van der Waals surface area contributed by atoms with E-state index in [0.717, 1.165) is 25.7 Å². The molecule has 0 aliphatic heterocycles. The Morgan fingerprint density at radius 2 is 1.80 bits per heavy atom. The number of hydrogen-bond donors (Lipinski definition) is 1. The molecule has 0 radical (unpaired) electrons. The number of methoxy groups -OCH3 is 1. The lowest BCUT2D eigenvalue weighted by molar-refractivity contribution is -0.0991. The summed E-state index contributed by atoms with van der Waals surface area (Å²) in [7, 11) is 1.73. The third-order valence-corrected chi connectivity index (χ3v) is 5.36. The number of rotatable bonds is 7. The number of aliphatic hydroxyl groups excluding tert-OH is 1. The van der Waals surface area contributed by atoms with Crippen LogP contribution in [0, 0.1) is 11.3 Å². The number of aliphatic hydroxyl groups is 1. The summed E-state index contributed by atoms with van der Waals surface area (Å²) in [6.45, 7) is 11.7. The van der Waals surface area contributed by atoms with Crippen molar-refractivity contribution < 1.29 is 14.6 Å². The zero-order valence-corrected chi connectivity index (χ0v) is 14.2. The van der Waals surface area contributed by atoms with Crippen LogP contribution in [-0.2, 0) is 9.47 Å². The normalized spacial score (nSPS) is 28.6. The molecule has 0 spiro atoms. The SMILES string of the molecule is CCC(C)(C)C1CCC(O)C(OCCC(C)(C)OC)C1. The Kier molecular flexibility index (Phi) is 6.49. The lowest BCUT2D eigenvalue weighted by atomic mass is 9.68. The van der Waals surface area contributed by atoms with E-state index in [1.165, 1.54) is 6.42 Å². The second-order valence-electron chi connectivity index (χ2n) is 7.54. The van der Waals surface area contributed by atoms with Crippen molar-refractivity contribution in [1.29, 1.82) is 0 Å². The van der Waals surface area contributed by atoms with Crippen LogP contribution in [0.4, 0.5) is 0 Å². The summed E-state index contributed by atoms with van der Waals surface area (Å²) in [5, 5.41) is 10.2. The molecule has 0 amide bonds. The van der Waals surface area contributed by atoms with Crippen LogP contribution >= 0.6 is 0 Å². The highest BCUT2D eigenvalue weighted by molar-refractivity contribution is 4.87. The minimum atomic E-state index is -0.301. The van der Waals surface area contributed by atoms with Crippen LogP contribution in [-0.4, -0.2) is 36.6 Å². The fourth-order valence-electron chi connectivity index (χ4n) is 2.85. The summed E-state index contributed by atoms with van der Waals surface area (Å²) in [4.78, 5) is 0. The molecule has 1 aliphatic rings. The summed E-state index contributed by atoms with van der Waals surface area (Å²) in [5.74, 6) is 0.649. The van der Waals surface area contributed by atoms with Gasteiger partial charge in [0.15, 0.2) is 0 Å². The molecule has 0 heterocycles. The van der Waals surface area contributed by atoms with E-state index >= 15 is 0 Å². The highest BCUT2D eigenvalue weighted by Gasteiger charge is 2.37. The molecular formula is C17H34O3. The van der Waals surface area contributed by atoms with Crippen molar-refractivity contribution in [2.75, 3.05) is 13.7 Å². The summed E-state index contributed by atoms with van der Waals surface area (Å²) >= 11 is 0. The minimum absolute atomic E-state index is 0.00719. The van der Waals surface area contributed by atoms with E-state index in [4.69, 9.17) is 9.47 Å². The number of ether oxygens (including phenoxy) is 2. The molecule has 120 valence electrons. The summed E-state index contributed by atoms with van der Waals surface area (Å²) in [5.41, 5.74) is 0.190. The lowest BCUT2D eigenvalue weighted by Crippen LogP contribution is -2.41. The Bertz CT molecular complexity index is 286. The molecule has 0 aromatic carbocycles. The maximum absolute atomic E-state index is 10.2. The Hall–Kier alpha value is -0.120. The second-order valence-corrected chi connectivity index (χ2v) is 7.54. The van der Waals surface area contributed by atoms with Crippen molar-refractivity contribution >= 4 is 0 Å². The monoisotopic (exact) mass is 286 g/mol. The van der Waals surface area contributed by atoms with Gasteiger partial charge in [-0.2, -0.15) is 0 Å². The van der Waals surface area contributed by atoms with Gasteiger partial charge in [0.1, 0.15) is 0 Å². The summed E-state index contributed by atoms with van der Waals surface area (Å²) in [6, 6.07) is 0. The average Bonchev–Trinajstić information content (AvgIpc) is 2.40. The van der Waals surface area contributed by atoms with E-state index in [9.17, 15) is 5.11 Å². The average molecular weight is 286 g/mol. The fourth-order valence-corrected chi connectivity index (χ4v) is 2.85. The van der Waals surface area contributed by atoms with Crippen LogP contribution in [0.2, 0.25) is 0 Å². The quantitative estimate of drug-likeness (QED) is 0.774. The minimum Gasteiger partial charge on any atom is -0.390 e. The van der Waals surface area contributed by atoms with Crippen LogP contribution in [0.5, 0.6) is 0 Å². The fraction of sp³-hybridized carbons (Fsp3) is 1.00. The van der Waals surface area contributed by atoms with Crippen molar-refractivity contribution in [2.45, 2.75) is 84.5 Å². The lowest BCUT2D eigenvalue weighted by Gasteiger charge is -2.41. The van der Waals surface area contributed by atoms with E-state index in [0.29, 0.717) is 17.9 Å². The molecule has 20 heavy (non-hydrogen) atoms. The van der Waals surface area contributed by atoms with E-state index < -0.39 is 0 Å². The molecule has 0 aromatic heterocycles. The molecule has 0 aromatic rings. The van der Waals surface area contributed by atoms with E-state index in [2.05, 4.69) is 34.6 Å². The van der Waals surface area contributed by atoms with Crippen LogP contribution in [0.3, 0.4) is 0 Å². The van der Waals surface area contributed by atoms with Gasteiger partial charge in [-0.3, -0.25) is 0 Å². The van der Waals surface area contributed by atoms with Gasteiger partial charge in [0.05, 0.1) is 17.8 Å². The smallest absolute Gasteiger partial charge is 0.0836 e. The van der Waals surface area contributed by atoms with Gasteiger partial charge in [0.2, 0.25) is 0 Å². The maximum atomic E-state index is 10.2. The first-order valence-corrected chi connectivity index (χ1v) is 8.06. The van der Waals surface area contributed by atoms with Crippen LogP contribution in [0.15, 0.2) is 0 Å². The Labute approximate surface area is 125 Å². The van der Waals surface area contributed by atoms with Crippen molar-refractivity contribution in [2.24, 2.45) is 11.3 Å². The third-order valence-electron chi connectivity index (χ3n) is 5.36. The predicted molar refractivity (Wildman–Crippen MR) is 82.9 cm³/mol. The molecule has 3 unspecified atom stereocenters. The standard InChI is InChI=1S/C17H34O3/c1-7-16(2,3)13-8-9-14(18)15(12-13)20-11-10-17(4,5)19-6/h13-15,18H,7-12H2,1-6H3. The molecule has 1 aliphatic carbocycles. The highest BCUT2D eigenvalue weighted by atomic mass is 16.5. The molecule has 3 nitrogen and oxygen atoms in total. The first-order chi connectivity index (χ1) is 9.22. The Morgan fingerprint density at radius 3 is 2.35 bits per heavy atom. The van der Waals surface area contributed by atoms with Gasteiger partial charge >= 0.3 is 0 Å². The predicted octanol–water partition coefficient (Wildman–Crippen LogP) is 3.78.